The van der Waals surface area contributed by atoms with Crippen LogP contribution in [-0.2, 0) is 13.0 Å². The molecule has 0 spiro atoms. The summed E-state index contributed by atoms with van der Waals surface area (Å²) < 4.78 is 10.5. The van der Waals surface area contributed by atoms with E-state index in [1.165, 1.54) is 0 Å². The van der Waals surface area contributed by atoms with Crippen LogP contribution in [0.2, 0.25) is 0 Å². The number of ether oxygens (including phenoxy) is 2. The fraction of sp³-hybridized carbons (Fsp3) is 0.350. The van der Waals surface area contributed by atoms with Crippen molar-refractivity contribution in [2.24, 2.45) is 10.7 Å². The molecule has 2 rings (SSSR count). The molecule has 0 aromatic heterocycles. The summed E-state index contributed by atoms with van der Waals surface area (Å²) in [6, 6.07) is 9.68. The number of aromatic hydroxyl groups is 1. The first-order valence-corrected chi connectivity index (χ1v) is 8.48. The van der Waals surface area contributed by atoms with E-state index in [4.69, 9.17) is 15.2 Å². The van der Waals surface area contributed by atoms with Crippen molar-refractivity contribution in [3.05, 3.63) is 52.6 Å². The van der Waals surface area contributed by atoms with Crippen LogP contribution in [0.25, 0.3) is 0 Å². The first-order chi connectivity index (χ1) is 12.4. The molecule has 0 atom stereocenters. The smallest absolute Gasteiger partial charge is 0.188 e. The van der Waals surface area contributed by atoms with Gasteiger partial charge in [-0.15, -0.1) is 24.0 Å². The Morgan fingerprint density at radius 3 is 2.26 bits per heavy atom. The standard InChI is InChI=1S/C20H27N3O3.HI/c1-13-9-16(10-14(2)19(13)24)12-23-20(21)22-8-7-15-5-6-17(25-3)18(11-15)26-4;/h5-6,9-11,24H,7-8,12H2,1-4H3,(H3,21,22,23);1H. The van der Waals surface area contributed by atoms with Crippen molar-refractivity contribution in [1.29, 1.82) is 0 Å². The Balaban J connectivity index is 0.00000364. The molecule has 0 unspecified atom stereocenters. The van der Waals surface area contributed by atoms with Crippen LogP contribution in [0, 0.1) is 13.8 Å². The van der Waals surface area contributed by atoms with Gasteiger partial charge in [-0.3, -0.25) is 0 Å². The number of nitrogens with zero attached hydrogens (tertiary/aromatic N) is 1. The van der Waals surface area contributed by atoms with Crippen LogP contribution in [0.3, 0.4) is 0 Å². The normalized spacial score (nSPS) is 10.9. The number of methoxy groups -OCH3 is 2. The molecule has 0 fully saturated rings. The fourth-order valence-corrected chi connectivity index (χ4v) is 2.74. The highest BCUT2D eigenvalue weighted by Gasteiger charge is 2.05. The minimum Gasteiger partial charge on any atom is -0.507 e. The Hall–Kier alpha value is -2.16. The summed E-state index contributed by atoms with van der Waals surface area (Å²) in [5, 5.41) is 12.9. The second kappa shape index (κ2) is 10.9. The lowest BCUT2D eigenvalue weighted by Crippen LogP contribution is -2.33. The van der Waals surface area contributed by atoms with E-state index in [1.54, 1.807) is 14.2 Å². The number of hydrogen-bond acceptors (Lipinski definition) is 4. The Morgan fingerprint density at radius 1 is 1.04 bits per heavy atom. The summed E-state index contributed by atoms with van der Waals surface area (Å²) in [7, 11) is 3.24. The third-order valence-electron chi connectivity index (χ3n) is 4.15. The fourth-order valence-electron chi connectivity index (χ4n) is 2.74. The zero-order valence-electron chi connectivity index (χ0n) is 16.2. The van der Waals surface area contributed by atoms with E-state index in [-0.39, 0.29) is 24.0 Å². The minimum atomic E-state index is 0. The molecule has 6 nitrogen and oxygen atoms in total. The molecule has 0 bridgehead atoms. The number of phenolic OH excluding ortho intramolecular Hbond substituents is 1. The van der Waals surface area contributed by atoms with Crippen LogP contribution in [0.5, 0.6) is 17.2 Å². The Bertz CT molecular complexity index is 771. The van der Waals surface area contributed by atoms with Gasteiger partial charge in [0, 0.05) is 6.54 Å². The van der Waals surface area contributed by atoms with Crippen molar-refractivity contribution in [1.82, 2.24) is 5.32 Å². The summed E-state index contributed by atoms with van der Waals surface area (Å²) in [4.78, 5) is 4.36. The summed E-state index contributed by atoms with van der Waals surface area (Å²) >= 11 is 0. The van der Waals surface area contributed by atoms with Gasteiger partial charge in [0.25, 0.3) is 0 Å². The van der Waals surface area contributed by atoms with Gasteiger partial charge in [-0.1, -0.05) is 18.2 Å². The van der Waals surface area contributed by atoms with Gasteiger partial charge in [0.15, 0.2) is 17.5 Å². The van der Waals surface area contributed by atoms with Gasteiger partial charge in [0.1, 0.15) is 5.75 Å². The van der Waals surface area contributed by atoms with Crippen LogP contribution in [0.15, 0.2) is 35.3 Å². The van der Waals surface area contributed by atoms with E-state index in [1.807, 2.05) is 44.2 Å². The van der Waals surface area contributed by atoms with Crippen molar-refractivity contribution in [3.8, 4) is 17.2 Å². The quantitative estimate of drug-likeness (QED) is 0.318. The number of hydrogen-bond donors (Lipinski definition) is 3. The van der Waals surface area contributed by atoms with Crippen LogP contribution < -0.4 is 20.5 Å². The maximum atomic E-state index is 9.81. The van der Waals surface area contributed by atoms with E-state index in [0.717, 1.165) is 28.7 Å². The van der Waals surface area contributed by atoms with Gasteiger partial charge in [-0.25, -0.2) is 4.99 Å². The highest BCUT2D eigenvalue weighted by molar-refractivity contribution is 14.0. The summed E-state index contributed by atoms with van der Waals surface area (Å²) in [6.07, 6.45) is 0.786. The topological polar surface area (TPSA) is 89.1 Å². The lowest BCUT2D eigenvalue weighted by atomic mass is 10.1. The SMILES string of the molecule is COc1ccc(CCNC(N)=NCc2cc(C)c(O)c(C)c2)cc1OC.I. The van der Waals surface area contributed by atoms with Crippen LogP contribution in [0.4, 0.5) is 0 Å². The van der Waals surface area contributed by atoms with Crippen molar-refractivity contribution < 1.29 is 14.6 Å². The molecule has 0 saturated carbocycles. The predicted molar refractivity (Wildman–Crippen MR) is 120 cm³/mol. The van der Waals surface area contributed by atoms with Crippen molar-refractivity contribution in [2.45, 2.75) is 26.8 Å². The molecular formula is C20H28IN3O3. The summed E-state index contributed by atoms with van der Waals surface area (Å²) in [6.45, 7) is 4.89. The number of aryl methyl sites for hydroxylation is 2. The number of guanidine groups is 1. The lowest BCUT2D eigenvalue weighted by molar-refractivity contribution is 0.354. The zero-order valence-corrected chi connectivity index (χ0v) is 18.5. The van der Waals surface area contributed by atoms with E-state index in [2.05, 4.69) is 10.3 Å². The molecule has 0 aliphatic rings. The Labute approximate surface area is 177 Å². The Kier molecular flexibility index (Phi) is 9.20. The Morgan fingerprint density at radius 2 is 1.67 bits per heavy atom. The van der Waals surface area contributed by atoms with E-state index < -0.39 is 0 Å². The molecule has 148 valence electrons. The van der Waals surface area contributed by atoms with E-state index in [9.17, 15) is 5.11 Å². The van der Waals surface area contributed by atoms with E-state index >= 15 is 0 Å². The third-order valence-corrected chi connectivity index (χ3v) is 4.15. The second-order valence-electron chi connectivity index (χ2n) is 6.15. The van der Waals surface area contributed by atoms with Crippen LogP contribution in [0.1, 0.15) is 22.3 Å². The predicted octanol–water partition coefficient (Wildman–Crippen LogP) is 3.29. The molecule has 0 aliphatic carbocycles. The first-order valence-electron chi connectivity index (χ1n) is 8.48. The third kappa shape index (κ3) is 6.50. The lowest BCUT2D eigenvalue weighted by Gasteiger charge is -2.10. The van der Waals surface area contributed by atoms with Crippen LogP contribution in [-0.4, -0.2) is 31.8 Å². The molecule has 0 amide bonds. The average Bonchev–Trinajstić information content (AvgIpc) is 2.64. The van der Waals surface area contributed by atoms with E-state index in [0.29, 0.717) is 36.3 Å². The molecule has 0 aliphatic heterocycles. The highest BCUT2D eigenvalue weighted by Crippen LogP contribution is 2.27. The largest absolute Gasteiger partial charge is 0.507 e. The minimum absolute atomic E-state index is 0. The molecule has 7 heteroatoms. The maximum Gasteiger partial charge on any atom is 0.188 e. The molecule has 27 heavy (non-hydrogen) atoms. The zero-order chi connectivity index (χ0) is 19.1. The number of benzene rings is 2. The van der Waals surface area contributed by atoms with Gasteiger partial charge >= 0.3 is 0 Å². The number of nitrogens with one attached hydrogen (secondary N) is 1. The van der Waals surface area contributed by atoms with Gasteiger partial charge in [-0.05, 0) is 54.7 Å². The first kappa shape index (κ1) is 22.9. The van der Waals surface area contributed by atoms with Crippen LogP contribution >= 0.6 is 24.0 Å². The monoisotopic (exact) mass is 485 g/mol. The molecule has 0 radical (unpaired) electrons. The maximum absolute atomic E-state index is 9.81. The van der Waals surface area contributed by atoms with Crippen molar-refractivity contribution >= 4 is 29.9 Å². The summed E-state index contributed by atoms with van der Waals surface area (Å²) in [5.41, 5.74) is 9.76. The number of aliphatic imine (C=N–C) groups is 1. The molecule has 2 aromatic rings. The van der Waals surface area contributed by atoms with Gasteiger partial charge < -0.3 is 25.6 Å². The molecule has 2 aromatic carbocycles. The summed E-state index contributed by atoms with van der Waals surface area (Å²) in [5.74, 6) is 2.15. The molecule has 4 N–H and O–H groups in total. The number of phenols is 1. The van der Waals surface area contributed by atoms with Crippen molar-refractivity contribution in [3.63, 3.8) is 0 Å². The molecule has 0 saturated heterocycles. The van der Waals surface area contributed by atoms with Crippen molar-refractivity contribution in [2.75, 3.05) is 20.8 Å². The number of nitrogens with two attached hydrogens (primary N) is 1. The average molecular weight is 485 g/mol. The number of rotatable bonds is 7. The van der Waals surface area contributed by atoms with Gasteiger partial charge in [0.2, 0.25) is 0 Å². The second-order valence-corrected chi connectivity index (χ2v) is 6.15. The molecular weight excluding hydrogens is 457 g/mol. The highest BCUT2D eigenvalue weighted by atomic mass is 127. The van der Waals surface area contributed by atoms with Gasteiger partial charge in [-0.2, -0.15) is 0 Å². The molecule has 0 heterocycles. The number of halogens is 1. The van der Waals surface area contributed by atoms with Gasteiger partial charge in [0.05, 0.1) is 20.8 Å².